The molecule has 1 aromatic rings. The molecule has 2 rings (SSSR count). The van der Waals surface area contributed by atoms with Gasteiger partial charge in [0, 0.05) is 12.6 Å². The zero-order valence-electron chi connectivity index (χ0n) is 11.4. The summed E-state index contributed by atoms with van der Waals surface area (Å²) in [5, 5.41) is 14.3. The highest BCUT2D eigenvalue weighted by atomic mass is 16.6. The maximum Gasteiger partial charge on any atom is 0.320 e. The molecular formula is C14H16N2O4. The van der Waals surface area contributed by atoms with Crippen LogP contribution in [0.2, 0.25) is 0 Å². The number of carbonyl (C=O) groups excluding carboxylic acids is 1. The van der Waals surface area contributed by atoms with Crippen LogP contribution in [0, 0.1) is 10.1 Å². The van der Waals surface area contributed by atoms with Crippen LogP contribution in [0.4, 0.5) is 5.69 Å². The molecule has 0 bridgehead atoms. The van der Waals surface area contributed by atoms with Crippen LogP contribution in [0.15, 0.2) is 36.0 Å². The lowest BCUT2D eigenvalue weighted by molar-refractivity contribution is -0.386. The molecule has 0 saturated carbocycles. The molecule has 1 N–H and O–H groups in total. The number of benzene rings is 1. The van der Waals surface area contributed by atoms with Gasteiger partial charge in [-0.2, -0.15) is 0 Å². The van der Waals surface area contributed by atoms with Crippen molar-refractivity contribution >= 4 is 11.7 Å². The number of nitrogens with zero attached hydrogens (tertiary/aromatic N) is 1. The number of hydrogen-bond donors (Lipinski definition) is 1. The zero-order valence-corrected chi connectivity index (χ0v) is 11.4. The lowest BCUT2D eigenvalue weighted by atomic mass is 9.70. The Morgan fingerprint density at radius 2 is 2.15 bits per heavy atom. The Labute approximate surface area is 116 Å². The van der Waals surface area contributed by atoms with E-state index in [1.54, 1.807) is 31.3 Å². The fourth-order valence-corrected chi connectivity index (χ4v) is 2.69. The Hall–Kier alpha value is -2.37. The van der Waals surface area contributed by atoms with Gasteiger partial charge in [-0.3, -0.25) is 14.9 Å². The highest BCUT2D eigenvalue weighted by Gasteiger charge is 2.47. The molecule has 1 aromatic carbocycles. The number of hydrogen-bond acceptors (Lipinski definition) is 5. The van der Waals surface area contributed by atoms with Gasteiger partial charge in [0.1, 0.15) is 5.41 Å². The summed E-state index contributed by atoms with van der Waals surface area (Å²) in [6, 6.07) is 6.32. The third-order valence-corrected chi connectivity index (χ3v) is 3.73. The topological polar surface area (TPSA) is 81.5 Å². The molecule has 0 spiro atoms. The van der Waals surface area contributed by atoms with Gasteiger partial charge in [0.05, 0.1) is 17.6 Å². The number of ether oxygens (including phenoxy) is 1. The minimum absolute atomic E-state index is 0.0625. The molecule has 1 aliphatic heterocycles. The molecule has 1 heterocycles. The largest absolute Gasteiger partial charge is 0.468 e. The van der Waals surface area contributed by atoms with Crippen molar-refractivity contribution in [2.24, 2.45) is 0 Å². The van der Waals surface area contributed by atoms with E-state index < -0.39 is 16.3 Å². The van der Waals surface area contributed by atoms with Crippen LogP contribution in [0.3, 0.4) is 0 Å². The van der Waals surface area contributed by atoms with Crippen molar-refractivity contribution in [3.05, 3.63) is 51.7 Å². The van der Waals surface area contributed by atoms with Gasteiger partial charge in [-0.1, -0.05) is 18.2 Å². The smallest absolute Gasteiger partial charge is 0.320 e. The lowest BCUT2D eigenvalue weighted by Gasteiger charge is -2.35. The molecule has 1 aliphatic rings. The maximum atomic E-state index is 12.4. The van der Waals surface area contributed by atoms with E-state index in [2.05, 4.69) is 5.32 Å². The number of esters is 1. The first kappa shape index (κ1) is 14.0. The summed E-state index contributed by atoms with van der Waals surface area (Å²) < 4.78 is 4.92. The summed E-state index contributed by atoms with van der Waals surface area (Å²) in [6.45, 7) is 2.33. The van der Waals surface area contributed by atoms with E-state index in [4.69, 9.17) is 4.74 Å². The molecule has 1 atom stereocenters. The quantitative estimate of drug-likeness (QED) is 0.518. The first-order chi connectivity index (χ1) is 9.54. The molecule has 1 unspecified atom stereocenters. The normalized spacial score (nSPS) is 21.6. The highest BCUT2D eigenvalue weighted by Crippen LogP contribution is 2.42. The van der Waals surface area contributed by atoms with Gasteiger partial charge in [-0.25, -0.2) is 0 Å². The summed E-state index contributed by atoms with van der Waals surface area (Å²) >= 11 is 0. The Morgan fingerprint density at radius 1 is 1.45 bits per heavy atom. The average Bonchev–Trinajstić information content (AvgIpc) is 2.47. The Kier molecular flexibility index (Phi) is 3.74. The fourth-order valence-electron chi connectivity index (χ4n) is 2.69. The van der Waals surface area contributed by atoms with Gasteiger partial charge < -0.3 is 10.1 Å². The van der Waals surface area contributed by atoms with Gasteiger partial charge in [0.2, 0.25) is 0 Å². The molecule has 106 valence electrons. The van der Waals surface area contributed by atoms with Crippen LogP contribution in [-0.4, -0.2) is 24.5 Å². The summed E-state index contributed by atoms with van der Waals surface area (Å²) in [5.41, 5.74) is -0.0616. The fraction of sp³-hybridized carbons (Fsp3) is 0.357. The third-order valence-electron chi connectivity index (χ3n) is 3.73. The van der Waals surface area contributed by atoms with Crippen molar-refractivity contribution in [1.82, 2.24) is 5.32 Å². The van der Waals surface area contributed by atoms with Crippen molar-refractivity contribution in [3.8, 4) is 0 Å². The van der Waals surface area contributed by atoms with Crippen molar-refractivity contribution in [2.75, 3.05) is 13.7 Å². The van der Waals surface area contributed by atoms with E-state index in [1.807, 2.05) is 0 Å². The van der Waals surface area contributed by atoms with Gasteiger partial charge in [0.15, 0.2) is 0 Å². The number of methoxy groups -OCH3 is 1. The molecule has 0 saturated heterocycles. The number of nitrogens with one attached hydrogen (secondary N) is 1. The van der Waals surface area contributed by atoms with E-state index in [9.17, 15) is 14.9 Å². The van der Waals surface area contributed by atoms with Crippen LogP contribution < -0.4 is 5.32 Å². The van der Waals surface area contributed by atoms with Crippen LogP contribution in [-0.2, 0) is 14.9 Å². The Balaban J connectivity index is 2.71. The summed E-state index contributed by atoms with van der Waals surface area (Å²) in [4.78, 5) is 23.1. The highest BCUT2D eigenvalue weighted by molar-refractivity contribution is 5.89. The van der Waals surface area contributed by atoms with Gasteiger partial charge in [0.25, 0.3) is 5.69 Å². The van der Waals surface area contributed by atoms with E-state index in [0.29, 0.717) is 24.1 Å². The third kappa shape index (κ3) is 2.03. The number of nitro benzene ring substituents is 1. The van der Waals surface area contributed by atoms with Gasteiger partial charge in [-0.15, -0.1) is 0 Å². The zero-order chi connectivity index (χ0) is 14.8. The summed E-state index contributed by atoms with van der Waals surface area (Å²) in [7, 11) is 1.30. The second kappa shape index (κ2) is 5.32. The lowest BCUT2D eigenvalue weighted by Crippen LogP contribution is -2.44. The molecule has 0 fully saturated rings. The van der Waals surface area contributed by atoms with E-state index in [1.165, 1.54) is 13.2 Å². The Bertz CT molecular complexity index is 582. The molecule has 6 nitrogen and oxygen atoms in total. The van der Waals surface area contributed by atoms with Gasteiger partial charge in [-0.05, 0) is 25.1 Å². The SMILES string of the molecule is COC(=O)C1(c2ccccc2[N+](=O)[O-])CCNC=C1C. The monoisotopic (exact) mass is 276 g/mol. The van der Waals surface area contributed by atoms with E-state index in [0.717, 1.165) is 0 Å². The molecule has 0 amide bonds. The molecule has 0 radical (unpaired) electrons. The van der Waals surface area contributed by atoms with E-state index >= 15 is 0 Å². The molecule has 0 aliphatic carbocycles. The second-order valence-electron chi connectivity index (χ2n) is 4.70. The first-order valence-electron chi connectivity index (χ1n) is 6.27. The molecule has 6 heteroatoms. The van der Waals surface area contributed by atoms with Crippen molar-refractivity contribution in [1.29, 1.82) is 0 Å². The summed E-state index contributed by atoms with van der Waals surface area (Å²) in [5.74, 6) is -0.470. The number of rotatable bonds is 3. The van der Waals surface area contributed by atoms with Crippen molar-refractivity contribution in [2.45, 2.75) is 18.8 Å². The van der Waals surface area contributed by atoms with Crippen LogP contribution in [0.25, 0.3) is 0 Å². The average molecular weight is 276 g/mol. The Morgan fingerprint density at radius 3 is 2.75 bits per heavy atom. The number of para-hydroxylation sites is 1. The summed E-state index contributed by atoms with van der Waals surface area (Å²) in [6.07, 6.45) is 2.14. The minimum atomic E-state index is -1.09. The number of carbonyl (C=O) groups is 1. The molecular weight excluding hydrogens is 260 g/mol. The van der Waals surface area contributed by atoms with Crippen LogP contribution in [0.5, 0.6) is 0 Å². The second-order valence-corrected chi connectivity index (χ2v) is 4.70. The van der Waals surface area contributed by atoms with Crippen LogP contribution in [0.1, 0.15) is 18.9 Å². The van der Waals surface area contributed by atoms with Crippen molar-refractivity contribution in [3.63, 3.8) is 0 Å². The first-order valence-corrected chi connectivity index (χ1v) is 6.27. The van der Waals surface area contributed by atoms with Gasteiger partial charge >= 0.3 is 5.97 Å². The minimum Gasteiger partial charge on any atom is -0.468 e. The molecule has 0 aromatic heterocycles. The molecule has 20 heavy (non-hydrogen) atoms. The maximum absolute atomic E-state index is 12.4. The number of nitro groups is 1. The predicted molar refractivity (Wildman–Crippen MR) is 73.2 cm³/mol. The van der Waals surface area contributed by atoms with Crippen molar-refractivity contribution < 1.29 is 14.5 Å². The predicted octanol–water partition coefficient (Wildman–Crippen LogP) is 1.90. The van der Waals surface area contributed by atoms with Crippen LogP contribution >= 0.6 is 0 Å². The van der Waals surface area contributed by atoms with E-state index in [-0.39, 0.29) is 5.69 Å². The standard InChI is InChI=1S/C14H16N2O4/c1-10-9-15-8-7-14(10,13(17)20-2)11-5-3-4-6-12(11)16(18)19/h3-6,9,15H,7-8H2,1-2H3.